The zero-order valence-corrected chi connectivity index (χ0v) is 11.1. The Bertz CT molecular complexity index is 434. The van der Waals surface area contributed by atoms with Gasteiger partial charge in [0.25, 0.3) is 0 Å². The summed E-state index contributed by atoms with van der Waals surface area (Å²) in [7, 11) is 1.37. The van der Waals surface area contributed by atoms with Crippen LogP contribution in [0.1, 0.15) is 18.5 Å². The Hall–Kier alpha value is -1.43. The van der Waals surface area contributed by atoms with Gasteiger partial charge in [-0.2, -0.15) is 13.2 Å². The number of carbonyl (C=O) groups is 1. The summed E-state index contributed by atoms with van der Waals surface area (Å²) in [6.07, 6.45) is -5.56. The van der Waals surface area contributed by atoms with Gasteiger partial charge in [-0.15, -0.1) is 0 Å². The molecule has 0 N–H and O–H groups in total. The molecule has 0 bridgehead atoms. The van der Waals surface area contributed by atoms with Gasteiger partial charge in [-0.05, 0) is 24.6 Å². The van der Waals surface area contributed by atoms with E-state index in [0.29, 0.717) is 5.02 Å². The number of benzene rings is 1. The maximum Gasteiger partial charge on any atom is 0.422 e. The predicted octanol–water partition coefficient (Wildman–Crippen LogP) is 4.03. The van der Waals surface area contributed by atoms with E-state index in [-0.39, 0.29) is 0 Å². The SMILES string of the molecule is CC(c1ccc(Cl)cc1)N(C)C(=O)OCC(F)(F)F. The van der Waals surface area contributed by atoms with Crippen LogP contribution in [-0.4, -0.2) is 30.8 Å². The van der Waals surface area contributed by atoms with Gasteiger partial charge in [0.15, 0.2) is 6.61 Å². The molecule has 0 saturated carbocycles. The molecule has 0 radical (unpaired) electrons. The molecule has 1 atom stereocenters. The Kier molecular flexibility index (Phi) is 5.05. The summed E-state index contributed by atoms with van der Waals surface area (Å²) in [5.41, 5.74) is 0.746. The fourth-order valence-electron chi connectivity index (χ4n) is 1.37. The van der Waals surface area contributed by atoms with Crippen LogP contribution in [0.3, 0.4) is 0 Å². The van der Waals surface area contributed by atoms with E-state index in [4.69, 9.17) is 11.6 Å². The van der Waals surface area contributed by atoms with Crippen LogP contribution in [0.5, 0.6) is 0 Å². The van der Waals surface area contributed by atoms with Crippen molar-refractivity contribution < 1.29 is 22.7 Å². The van der Waals surface area contributed by atoms with Crippen molar-refractivity contribution in [2.24, 2.45) is 0 Å². The second-order valence-corrected chi connectivity index (χ2v) is 4.44. The van der Waals surface area contributed by atoms with Gasteiger partial charge in [0.05, 0.1) is 6.04 Å². The summed E-state index contributed by atoms with van der Waals surface area (Å²) in [6, 6.07) is 6.25. The van der Waals surface area contributed by atoms with E-state index in [9.17, 15) is 18.0 Å². The molecule has 0 aromatic heterocycles. The molecular formula is C12H13ClF3NO2. The largest absolute Gasteiger partial charge is 0.440 e. The molecule has 0 heterocycles. The number of carbonyl (C=O) groups excluding carboxylic acids is 1. The van der Waals surface area contributed by atoms with Crippen molar-refractivity contribution in [3.63, 3.8) is 0 Å². The minimum Gasteiger partial charge on any atom is -0.440 e. The highest BCUT2D eigenvalue weighted by Crippen LogP contribution is 2.22. The molecule has 1 rings (SSSR count). The molecule has 1 amide bonds. The van der Waals surface area contributed by atoms with E-state index in [2.05, 4.69) is 4.74 Å². The van der Waals surface area contributed by atoms with Crippen LogP contribution < -0.4 is 0 Å². The Balaban J connectivity index is 2.63. The van der Waals surface area contributed by atoms with Crippen LogP contribution in [-0.2, 0) is 4.74 Å². The molecule has 0 aliphatic heterocycles. The second-order valence-electron chi connectivity index (χ2n) is 4.01. The van der Waals surface area contributed by atoms with E-state index in [1.165, 1.54) is 7.05 Å². The Morgan fingerprint density at radius 1 is 1.37 bits per heavy atom. The Morgan fingerprint density at radius 3 is 2.37 bits per heavy atom. The van der Waals surface area contributed by atoms with E-state index in [0.717, 1.165) is 10.5 Å². The maximum absolute atomic E-state index is 11.9. The first-order valence-electron chi connectivity index (χ1n) is 5.42. The number of hydrogen-bond acceptors (Lipinski definition) is 2. The van der Waals surface area contributed by atoms with Crippen molar-refractivity contribution in [2.45, 2.75) is 19.1 Å². The smallest absolute Gasteiger partial charge is 0.422 e. The third kappa shape index (κ3) is 4.98. The number of rotatable bonds is 3. The average Bonchev–Trinajstić information content (AvgIpc) is 2.34. The quantitative estimate of drug-likeness (QED) is 0.842. The highest BCUT2D eigenvalue weighted by atomic mass is 35.5. The fraction of sp³-hybridized carbons (Fsp3) is 0.417. The summed E-state index contributed by atoms with van der Waals surface area (Å²) in [4.78, 5) is 12.5. The van der Waals surface area contributed by atoms with Crippen molar-refractivity contribution in [3.8, 4) is 0 Å². The van der Waals surface area contributed by atoms with Crippen molar-refractivity contribution >= 4 is 17.7 Å². The number of amides is 1. The van der Waals surface area contributed by atoms with Gasteiger partial charge in [0.1, 0.15) is 0 Å². The third-order valence-electron chi connectivity index (χ3n) is 2.58. The molecule has 1 unspecified atom stereocenters. The average molecular weight is 296 g/mol. The van der Waals surface area contributed by atoms with Gasteiger partial charge >= 0.3 is 12.3 Å². The Morgan fingerprint density at radius 2 is 1.89 bits per heavy atom. The first kappa shape index (κ1) is 15.6. The molecule has 3 nitrogen and oxygen atoms in total. The lowest BCUT2D eigenvalue weighted by Crippen LogP contribution is -2.33. The zero-order chi connectivity index (χ0) is 14.6. The van der Waals surface area contributed by atoms with Crippen LogP contribution in [0.25, 0.3) is 0 Å². The topological polar surface area (TPSA) is 29.5 Å². The van der Waals surface area contributed by atoms with E-state index < -0.39 is 24.9 Å². The standard InChI is InChI=1S/C12H13ClF3NO2/c1-8(9-3-5-10(13)6-4-9)17(2)11(18)19-7-12(14,15)16/h3-6,8H,7H2,1-2H3. The van der Waals surface area contributed by atoms with Gasteiger partial charge in [-0.3, -0.25) is 0 Å². The monoisotopic (exact) mass is 295 g/mol. The van der Waals surface area contributed by atoms with Crippen LogP contribution in [0.4, 0.5) is 18.0 Å². The second kappa shape index (κ2) is 6.14. The lowest BCUT2D eigenvalue weighted by molar-refractivity contribution is -0.162. The number of alkyl halides is 3. The van der Waals surface area contributed by atoms with Crippen molar-refractivity contribution in [1.29, 1.82) is 0 Å². The molecule has 19 heavy (non-hydrogen) atoms. The van der Waals surface area contributed by atoms with Crippen LogP contribution in [0.15, 0.2) is 24.3 Å². The first-order valence-corrected chi connectivity index (χ1v) is 5.80. The van der Waals surface area contributed by atoms with E-state index in [1.54, 1.807) is 31.2 Å². The number of halogens is 4. The molecule has 1 aromatic carbocycles. The predicted molar refractivity (Wildman–Crippen MR) is 65.0 cm³/mol. The first-order chi connectivity index (χ1) is 8.70. The van der Waals surface area contributed by atoms with E-state index >= 15 is 0 Å². The van der Waals surface area contributed by atoms with Crippen molar-refractivity contribution in [1.82, 2.24) is 4.90 Å². The van der Waals surface area contributed by atoms with Gasteiger partial charge in [0, 0.05) is 12.1 Å². The van der Waals surface area contributed by atoms with Crippen molar-refractivity contribution in [2.75, 3.05) is 13.7 Å². The number of ether oxygens (including phenoxy) is 1. The minimum atomic E-state index is -4.53. The van der Waals surface area contributed by atoms with E-state index in [1.807, 2.05) is 0 Å². The van der Waals surface area contributed by atoms with Crippen LogP contribution in [0, 0.1) is 0 Å². The third-order valence-corrected chi connectivity index (χ3v) is 2.83. The molecule has 1 aromatic rings. The zero-order valence-electron chi connectivity index (χ0n) is 10.4. The molecule has 0 aliphatic carbocycles. The normalized spacial score (nSPS) is 12.9. The lowest BCUT2D eigenvalue weighted by Gasteiger charge is -2.24. The van der Waals surface area contributed by atoms with Gasteiger partial charge in [-0.1, -0.05) is 23.7 Å². The van der Waals surface area contributed by atoms with Gasteiger partial charge < -0.3 is 9.64 Å². The Labute approximate surface area is 113 Å². The van der Waals surface area contributed by atoms with Crippen LogP contribution in [0.2, 0.25) is 5.02 Å². The summed E-state index contributed by atoms with van der Waals surface area (Å²) in [5.74, 6) is 0. The molecular weight excluding hydrogens is 283 g/mol. The summed E-state index contributed by atoms with van der Waals surface area (Å²) >= 11 is 5.73. The van der Waals surface area contributed by atoms with Crippen molar-refractivity contribution in [3.05, 3.63) is 34.9 Å². The summed E-state index contributed by atoms with van der Waals surface area (Å²) < 4.78 is 40.0. The summed E-state index contributed by atoms with van der Waals surface area (Å²) in [6.45, 7) is 0.0849. The van der Waals surface area contributed by atoms with Gasteiger partial charge in [-0.25, -0.2) is 4.79 Å². The highest BCUT2D eigenvalue weighted by Gasteiger charge is 2.31. The molecule has 0 aliphatic rings. The molecule has 0 spiro atoms. The lowest BCUT2D eigenvalue weighted by atomic mass is 10.1. The molecule has 7 heteroatoms. The molecule has 106 valence electrons. The minimum absolute atomic E-state index is 0.419. The molecule has 0 fully saturated rings. The summed E-state index contributed by atoms with van der Waals surface area (Å²) in [5, 5.41) is 0.540. The fourth-order valence-corrected chi connectivity index (χ4v) is 1.49. The van der Waals surface area contributed by atoms with Gasteiger partial charge in [0.2, 0.25) is 0 Å². The van der Waals surface area contributed by atoms with Crippen LogP contribution >= 0.6 is 11.6 Å². The highest BCUT2D eigenvalue weighted by molar-refractivity contribution is 6.30. The molecule has 0 saturated heterocycles. The maximum atomic E-state index is 11.9. The number of hydrogen-bond donors (Lipinski definition) is 0. The number of nitrogens with zero attached hydrogens (tertiary/aromatic N) is 1.